The number of nitrogens with zero attached hydrogens (tertiary/aromatic N) is 2. The van der Waals surface area contributed by atoms with Gasteiger partial charge in [0.25, 0.3) is 6.71 Å². The molecule has 7 aromatic rings. The molecule has 0 radical (unpaired) electrons. The maximum atomic E-state index is 2.71. The quantitative estimate of drug-likeness (QED) is 0.160. The van der Waals surface area contributed by atoms with Crippen LogP contribution < -0.4 is 26.2 Å². The highest BCUT2D eigenvalue weighted by molar-refractivity contribution is 7.28. The molecule has 1 aromatic heterocycles. The molecule has 0 spiro atoms. The fourth-order valence-corrected chi connectivity index (χ4v) is 13.6. The average Bonchev–Trinajstić information content (AvgIpc) is 3.60. The monoisotopic (exact) mass is 844 g/mol. The first-order chi connectivity index (χ1) is 29.6. The average molecular weight is 845 g/mol. The Labute approximate surface area is 381 Å². The van der Waals surface area contributed by atoms with Gasteiger partial charge in [0, 0.05) is 48.9 Å². The summed E-state index contributed by atoms with van der Waals surface area (Å²) in [6.07, 6.45) is 4.76. The first-order valence-electron chi connectivity index (χ1n) is 23.7. The molecule has 0 unspecified atom stereocenters. The third-order valence-corrected chi connectivity index (χ3v) is 17.6. The zero-order chi connectivity index (χ0) is 44.5. The van der Waals surface area contributed by atoms with Crippen LogP contribution in [0.4, 0.5) is 34.1 Å². The molecule has 2 aliphatic heterocycles. The molecule has 0 saturated carbocycles. The minimum Gasteiger partial charge on any atom is -0.311 e. The smallest absolute Gasteiger partial charge is 0.254 e. The van der Waals surface area contributed by atoms with Crippen LogP contribution in [0.3, 0.4) is 0 Å². The molecule has 11 rings (SSSR count). The van der Waals surface area contributed by atoms with Gasteiger partial charge in [-0.05, 0) is 182 Å². The Balaban J connectivity index is 1.30. The van der Waals surface area contributed by atoms with Gasteiger partial charge in [0.1, 0.15) is 0 Å². The third kappa shape index (κ3) is 5.88. The maximum absolute atomic E-state index is 2.71. The van der Waals surface area contributed by atoms with E-state index < -0.39 is 0 Å². The number of benzene rings is 6. The summed E-state index contributed by atoms with van der Waals surface area (Å²) in [6, 6.07) is 36.9. The van der Waals surface area contributed by atoms with Crippen molar-refractivity contribution in [1.29, 1.82) is 0 Å². The summed E-state index contributed by atoms with van der Waals surface area (Å²) in [5, 5.41) is 2.73. The minimum absolute atomic E-state index is 0.0541. The number of fused-ring (bicyclic) bond motifs is 10. The van der Waals surface area contributed by atoms with Crippen molar-refractivity contribution in [3.8, 4) is 0 Å². The topological polar surface area (TPSA) is 6.48 Å². The lowest BCUT2D eigenvalue weighted by Crippen LogP contribution is -2.62. The van der Waals surface area contributed by atoms with E-state index in [0.29, 0.717) is 0 Å². The van der Waals surface area contributed by atoms with E-state index in [9.17, 15) is 0 Å². The van der Waals surface area contributed by atoms with Crippen LogP contribution in [-0.2, 0) is 27.1 Å². The molecule has 0 atom stereocenters. The van der Waals surface area contributed by atoms with Gasteiger partial charge in [0.15, 0.2) is 0 Å². The highest BCUT2D eigenvalue weighted by Gasteiger charge is 2.48. The van der Waals surface area contributed by atoms with Gasteiger partial charge in [0.05, 0.1) is 0 Å². The molecule has 0 fully saturated rings. The molecule has 63 heavy (non-hydrogen) atoms. The zero-order valence-corrected chi connectivity index (χ0v) is 41.2. The van der Waals surface area contributed by atoms with Crippen molar-refractivity contribution in [1.82, 2.24) is 0 Å². The van der Waals surface area contributed by atoms with E-state index in [1.54, 1.807) is 0 Å². The summed E-state index contributed by atoms with van der Waals surface area (Å²) < 4.78 is 2.78. The van der Waals surface area contributed by atoms with Crippen LogP contribution >= 0.6 is 11.3 Å². The maximum Gasteiger partial charge on any atom is 0.254 e. The number of anilines is 6. The molecule has 4 aliphatic rings. The van der Waals surface area contributed by atoms with Gasteiger partial charge in [-0.25, -0.2) is 0 Å². The van der Waals surface area contributed by atoms with Crippen LogP contribution in [0.15, 0.2) is 91.0 Å². The summed E-state index contributed by atoms with van der Waals surface area (Å²) >= 11 is 1.99. The molecule has 320 valence electrons. The first-order valence-corrected chi connectivity index (χ1v) is 24.5. The molecular formula is C59H65BN2S. The lowest BCUT2D eigenvalue weighted by atomic mass is 9.33. The van der Waals surface area contributed by atoms with E-state index in [1.165, 1.54) is 141 Å². The Morgan fingerprint density at radius 2 is 1.02 bits per heavy atom. The van der Waals surface area contributed by atoms with Crippen molar-refractivity contribution in [2.75, 3.05) is 9.80 Å². The summed E-state index contributed by atoms with van der Waals surface area (Å²) in [6.45, 7) is 33.9. The lowest BCUT2D eigenvalue weighted by Gasteiger charge is -2.48. The first kappa shape index (κ1) is 40.9. The van der Waals surface area contributed by atoms with Crippen molar-refractivity contribution in [2.45, 2.75) is 150 Å². The van der Waals surface area contributed by atoms with E-state index in [2.05, 4.69) is 198 Å². The van der Waals surface area contributed by atoms with Crippen molar-refractivity contribution in [2.24, 2.45) is 0 Å². The predicted molar refractivity (Wildman–Crippen MR) is 277 cm³/mol. The van der Waals surface area contributed by atoms with Crippen molar-refractivity contribution >= 4 is 88.7 Å². The van der Waals surface area contributed by atoms with Gasteiger partial charge >= 0.3 is 0 Å². The number of rotatable bonds is 2. The zero-order valence-electron chi connectivity index (χ0n) is 40.4. The van der Waals surface area contributed by atoms with Crippen LogP contribution in [0, 0.1) is 20.8 Å². The fraction of sp³-hybridized carbons (Fsp3) is 0.390. The normalized spacial score (nSPS) is 18.8. The van der Waals surface area contributed by atoms with E-state index in [1.807, 2.05) is 11.3 Å². The standard InChI is InChI=1S/C59H65BN2S/c1-34-27-49-52-50(28-34)62(47-32-42-40(30-36(47)3)56(7,8)23-25-58(42,11)12)46-22-20-39-38-17-15-16-18-51(38)63-54(39)53(46)60(52)44-31-41-43(59(13,14)26-24-57(41,9)10)33-48(44)61(49)45-21-19-37(29-35(45)2)55(4,5)6/h15-22,27-33H,23-26H2,1-14H3. The molecule has 0 saturated heterocycles. The molecule has 6 aromatic carbocycles. The molecule has 3 heterocycles. The van der Waals surface area contributed by atoms with Crippen molar-refractivity contribution < 1.29 is 0 Å². The Morgan fingerprint density at radius 1 is 0.492 bits per heavy atom. The minimum atomic E-state index is 0.0541. The van der Waals surface area contributed by atoms with Crippen LogP contribution in [0.1, 0.15) is 146 Å². The van der Waals surface area contributed by atoms with Crippen LogP contribution in [0.2, 0.25) is 0 Å². The molecule has 0 bridgehead atoms. The van der Waals surface area contributed by atoms with Crippen LogP contribution in [0.25, 0.3) is 20.2 Å². The number of hydrogen-bond donors (Lipinski definition) is 0. The summed E-state index contributed by atoms with van der Waals surface area (Å²) in [5.41, 5.74) is 24.0. The van der Waals surface area contributed by atoms with Gasteiger partial charge in [-0.1, -0.05) is 125 Å². The van der Waals surface area contributed by atoms with Gasteiger partial charge in [-0.15, -0.1) is 11.3 Å². The Bertz CT molecular complexity index is 3090. The van der Waals surface area contributed by atoms with Crippen molar-refractivity contribution in [3.05, 3.63) is 136 Å². The summed E-state index contributed by atoms with van der Waals surface area (Å²) in [7, 11) is 0. The second-order valence-electron chi connectivity index (χ2n) is 23.7. The van der Waals surface area contributed by atoms with Crippen LogP contribution in [-0.4, -0.2) is 6.71 Å². The predicted octanol–water partition coefficient (Wildman–Crippen LogP) is 15.1. The Kier molecular flexibility index (Phi) is 8.55. The highest BCUT2D eigenvalue weighted by Crippen LogP contribution is 2.54. The van der Waals surface area contributed by atoms with E-state index in [0.717, 1.165) is 0 Å². The van der Waals surface area contributed by atoms with Gasteiger partial charge in [-0.3, -0.25) is 0 Å². The van der Waals surface area contributed by atoms with Crippen LogP contribution in [0.5, 0.6) is 0 Å². The SMILES string of the molecule is Cc1cc2c3c(c1)N(c1cc4c(cc1C)C(C)(C)CCC4(C)C)c1ccc4c(sc5ccccc54)c1B3c1cc3c(cc1N2c1ccc(C(C)(C)C)cc1C)C(C)(C)CCC3(C)C. The van der Waals surface area contributed by atoms with Gasteiger partial charge in [-0.2, -0.15) is 0 Å². The molecular weight excluding hydrogens is 780 g/mol. The highest BCUT2D eigenvalue weighted by atomic mass is 32.1. The van der Waals surface area contributed by atoms with E-state index in [-0.39, 0.29) is 33.8 Å². The fourth-order valence-electron chi connectivity index (χ4n) is 12.3. The number of thiophene rings is 1. The number of hydrogen-bond acceptors (Lipinski definition) is 3. The number of aryl methyl sites for hydroxylation is 3. The van der Waals surface area contributed by atoms with E-state index in [4.69, 9.17) is 0 Å². The largest absolute Gasteiger partial charge is 0.311 e. The molecule has 2 nitrogen and oxygen atoms in total. The van der Waals surface area contributed by atoms with Gasteiger partial charge in [0.2, 0.25) is 0 Å². The summed E-state index contributed by atoms with van der Waals surface area (Å²) in [4.78, 5) is 5.40. The Hall–Kier alpha value is -4.80. The van der Waals surface area contributed by atoms with Gasteiger partial charge < -0.3 is 9.80 Å². The second kappa shape index (κ2) is 13.2. The second-order valence-corrected chi connectivity index (χ2v) is 24.8. The van der Waals surface area contributed by atoms with E-state index >= 15 is 0 Å². The molecule has 0 amide bonds. The third-order valence-electron chi connectivity index (χ3n) is 16.4. The summed E-state index contributed by atoms with van der Waals surface area (Å²) in [5.74, 6) is 0. The lowest BCUT2D eigenvalue weighted by molar-refractivity contribution is 0.332. The Morgan fingerprint density at radius 3 is 1.62 bits per heavy atom. The molecule has 2 aliphatic carbocycles. The molecule has 4 heteroatoms. The molecule has 0 N–H and O–H groups in total. The van der Waals surface area contributed by atoms with Crippen molar-refractivity contribution in [3.63, 3.8) is 0 Å².